The summed E-state index contributed by atoms with van der Waals surface area (Å²) in [5.74, 6) is 0.200. The number of benzene rings is 1. The quantitative estimate of drug-likeness (QED) is 0.177. The van der Waals surface area contributed by atoms with E-state index in [1.54, 1.807) is 24.4 Å². The zero-order chi connectivity index (χ0) is 20.5. The fraction of sp³-hybridized carbons (Fsp3) is 0.294. The van der Waals surface area contributed by atoms with Crippen LogP contribution in [0.15, 0.2) is 35.7 Å². The molecule has 8 N–H and O–H groups in total. The fourth-order valence-corrected chi connectivity index (χ4v) is 3.09. The second kappa shape index (κ2) is 7.60. The van der Waals surface area contributed by atoms with Gasteiger partial charge in [-0.05, 0) is 17.7 Å². The van der Waals surface area contributed by atoms with Crippen molar-refractivity contribution in [3.8, 4) is 0 Å². The molecule has 1 unspecified atom stereocenters. The molecule has 152 valence electrons. The topological polar surface area (TPSA) is 190 Å². The molecule has 0 radical (unpaired) electrons. The molecule has 0 saturated carbocycles. The van der Waals surface area contributed by atoms with E-state index in [9.17, 15) is 15.3 Å². The van der Waals surface area contributed by atoms with Crippen molar-refractivity contribution in [1.29, 1.82) is 0 Å². The maximum absolute atomic E-state index is 10.3. The molecule has 1 aromatic carbocycles. The minimum absolute atomic E-state index is 0.0992. The van der Waals surface area contributed by atoms with Crippen molar-refractivity contribution in [3.63, 3.8) is 0 Å². The molecule has 4 atom stereocenters. The van der Waals surface area contributed by atoms with Crippen LogP contribution in [0.4, 0.5) is 17.5 Å². The number of nitrogens with zero attached hydrogens (tertiary/aromatic N) is 5. The van der Waals surface area contributed by atoms with Gasteiger partial charge in [-0.1, -0.05) is 12.1 Å². The molecule has 0 bridgehead atoms. The van der Waals surface area contributed by atoms with E-state index in [-0.39, 0.29) is 17.4 Å². The molecule has 12 heteroatoms. The highest BCUT2D eigenvalue weighted by atomic mass is 16.6. The summed E-state index contributed by atoms with van der Waals surface area (Å²) in [6.45, 7) is -0.440. The predicted octanol–water partition coefficient (Wildman–Crippen LogP) is -0.952. The largest absolute Gasteiger partial charge is 0.399 e. The van der Waals surface area contributed by atoms with Crippen molar-refractivity contribution in [1.82, 2.24) is 19.5 Å². The van der Waals surface area contributed by atoms with Crippen LogP contribution in [0.5, 0.6) is 0 Å². The SMILES string of the molecule is Nc1cccc(/C=N/Nc2nc(N)c3ncn(C4O[C@H](CO)[C@@H](O)[C@H]4O)c3n2)c1. The Bertz CT molecular complexity index is 1060. The Labute approximate surface area is 164 Å². The van der Waals surface area contributed by atoms with Crippen molar-refractivity contribution >= 4 is 34.8 Å². The molecule has 3 aromatic rings. The zero-order valence-electron chi connectivity index (χ0n) is 15.1. The van der Waals surface area contributed by atoms with Crippen LogP contribution in [0.1, 0.15) is 11.8 Å². The van der Waals surface area contributed by atoms with Crippen LogP contribution >= 0.6 is 0 Å². The van der Waals surface area contributed by atoms with Crippen LogP contribution in [0, 0.1) is 0 Å². The highest BCUT2D eigenvalue weighted by Gasteiger charge is 2.44. The van der Waals surface area contributed by atoms with Gasteiger partial charge in [0.05, 0.1) is 19.1 Å². The number of nitrogens with one attached hydrogen (secondary N) is 1. The van der Waals surface area contributed by atoms with Crippen LogP contribution in [0.25, 0.3) is 11.2 Å². The molecule has 0 amide bonds. The fourth-order valence-electron chi connectivity index (χ4n) is 3.09. The van der Waals surface area contributed by atoms with Crippen LogP contribution in [0.2, 0.25) is 0 Å². The molecule has 1 aliphatic rings. The number of aliphatic hydroxyl groups excluding tert-OH is 3. The van der Waals surface area contributed by atoms with Crippen molar-refractivity contribution in [2.45, 2.75) is 24.5 Å². The van der Waals surface area contributed by atoms with Crippen molar-refractivity contribution in [2.24, 2.45) is 5.10 Å². The van der Waals surface area contributed by atoms with Gasteiger partial charge < -0.3 is 31.5 Å². The van der Waals surface area contributed by atoms with E-state index in [0.29, 0.717) is 11.2 Å². The lowest BCUT2D eigenvalue weighted by Crippen LogP contribution is -2.33. The summed E-state index contributed by atoms with van der Waals surface area (Å²) >= 11 is 0. The third-order valence-corrected chi connectivity index (χ3v) is 4.53. The van der Waals surface area contributed by atoms with Gasteiger partial charge in [0.15, 0.2) is 17.7 Å². The van der Waals surface area contributed by atoms with Gasteiger partial charge in [0.1, 0.15) is 23.8 Å². The Morgan fingerprint density at radius 2 is 2.07 bits per heavy atom. The standard InChI is InChI=1S/C17H20N8O4/c18-9-3-1-2-8(4-9)5-21-24-17-22-14(19)11-15(23-17)25(7-20-11)16-13(28)12(27)10(6-26)29-16/h1-5,7,10,12-13,16,26-28H,6,18H2,(H3,19,22,23,24)/b21-5+/t10-,12-,13-,16?/m1/s1. The van der Waals surface area contributed by atoms with Crippen LogP contribution < -0.4 is 16.9 Å². The molecule has 2 aromatic heterocycles. The first-order chi connectivity index (χ1) is 14.0. The number of nitrogen functional groups attached to an aromatic ring is 2. The molecule has 29 heavy (non-hydrogen) atoms. The lowest BCUT2D eigenvalue weighted by molar-refractivity contribution is -0.0511. The zero-order valence-corrected chi connectivity index (χ0v) is 15.1. The van der Waals surface area contributed by atoms with Crippen molar-refractivity contribution in [2.75, 3.05) is 23.5 Å². The average Bonchev–Trinajstić information content (AvgIpc) is 3.24. The molecule has 1 fully saturated rings. The molecule has 1 saturated heterocycles. The third kappa shape index (κ3) is 3.56. The number of ether oxygens (including phenoxy) is 1. The molecular weight excluding hydrogens is 380 g/mol. The Hall–Kier alpha value is -3.32. The number of imidazole rings is 1. The first-order valence-electron chi connectivity index (χ1n) is 8.75. The Balaban J connectivity index is 1.62. The van der Waals surface area contributed by atoms with Crippen LogP contribution in [-0.4, -0.2) is 66.0 Å². The minimum atomic E-state index is -1.28. The van der Waals surface area contributed by atoms with Crippen LogP contribution in [-0.2, 0) is 4.74 Å². The molecular formula is C17H20N8O4. The lowest BCUT2D eigenvalue weighted by Gasteiger charge is -2.16. The number of nitrogens with two attached hydrogens (primary N) is 2. The van der Waals surface area contributed by atoms with E-state index in [1.807, 2.05) is 6.07 Å². The maximum atomic E-state index is 10.3. The Morgan fingerprint density at radius 1 is 1.24 bits per heavy atom. The van der Waals surface area contributed by atoms with Gasteiger partial charge in [-0.25, -0.2) is 10.4 Å². The highest BCUT2D eigenvalue weighted by Crippen LogP contribution is 2.32. The number of rotatable bonds is 5. The van der Waals surface area contributed by atoms with Crippen LogP contribution in [0.3, 0.4) is 0 Å². The molecule has 12 nitrogen and oxygen atoms in total. The average molecular weight is 400 g/mol. The summed E-state index contributed by atoms with van der Waals surface area (Å²) in [7, 11) is 0. The van der Waals surface area contributed by atoms with Crippen molar-refractivity contribution in [3.05, 3.63) is 36.2 Å². The van der Waals surface area contributed by atoms with Crippen molar-refractivity contribution < 1.29 is 20.1 Å². The number of aliphatic hydroxyl groups is 3. The number of hydrogen-bond acceptors (Lipinski definition) is 11. The first kappa shape index (κ1) is 19.0. The van der Waals surface area contributed by atoms with Gasteiger partial charge >= 0.3 is 0 Å². The third-order valence-electron chi connectivity index (χ3n) is 4.53. The van der Waals surface area contributed by atoms with E-state index in [0.717, 1.165) is 5.56 Å². The summed E-state index contributed by atoms with van der Waals surface area (Å²) in [4.78, 5) is 12.6. The summed E-state index contributed by atoms with van der Waals surface area (Å²) in [5, 5.41) is 33.6. The second-order valence-electron chi connectivity index (χ2n) is 6.53. The monoisotopic (exact) mass is 400 g/mol. The number of hydrazone groups is 1. The number of fused-ring (bicyclic) bond motifs is 1. The van der Waals surface area contributed by atoms with Gasteiger partial charge in [0.2, 0.25) is 5.95 Å². The minimum Gasteiger partial charge on any atom is -0.399 e. The summed E-state index contributed by atoms with van der Waals surface area (Å²) in [6.07, 6.45) is -1.53. The number of anilines is 3. The van der Waals surface area contributed by atoms with Gasteiger partial charge in [-0.15, -0.1) is 0 Å². The van der Waals surface area contributed by atoms with Gasteiger partial charge in [-0.2, -0.15) is 15.1 Å². The maximum Gasteiger partial charge on any atom is 0.247 e. The van der Waals surface area contributed by atoms with E-state index < -0.39 is 31.1 Å². The first-order valence-corrected chi connectivity index (χ1v) is 8.75. The summed E-state index contributed by atoms with van der Waals surface area (Å²) in [5.41, 5.74) is 16.3. The van der Waals surface area contributed by atoms with E-state index in [4.69, 9.17) is 16.2 Å². The number of aromatic nitrogens is 4. The lowest BCUT2D eigenvalue weighted by atomic mass is 10.1. The smallest absolute Gasteiger partial charge is 0.247 e. The second-order valence-corrected chi connectivity index (χ2v) is 6.53. The summed E-state index contributed by atoms with van der Waals surface area (Å²) in [6, 6.07) is 7.15. The predicted molar refractivity (Wildman–Crippen MR) is 105 cm³/mol. The van der Waals surface area contributed by atoms with E-state index >= 15 is 0 Å². The molecule has 0 spiro atoms. The van der Waals surface area contributed by atoms with E-state index in [1.165, 1.54) is 10.9 Å². The number of hydrogen-bond donors (Lipinski definition) is 6. The van der Waals surface area contributed by atoms with Gasteiger partial charge in [0, 0.05) is 5.69 Å². The summed E-state index contributed by atoms with van der Waals surface area (Å²) < 4.78 is 6.95. The van der Waals surface area contributed by atoms with E-state index in [2.05, 4.69) is 25.5 Å². The van der Waals surface area contributed by atoms with Gasteiger partial charge in [0.25, 0.3) is 0 Å². The Morgan fingerprint density at radius 3 is 2.79 bits per heavy atom. The molecule has 3 heterocycles. The highest BCUT2D eigenvalue weighted by molar-refractivity contribution is 5.84. The van der Waals surface area contributed by atoms with Gasteiger partial charge in [-0.3, -0.25) is 4.57 Å². The Kier molecular flexibility index (Phi) is 4.98. The molecule has 1 aliphatic heterocycles. The molecule has 0 aliphatic carbocycles. The molecule has 4 rings (SSSR count). The normalized spacial score (nSPS) is 24.5.